The maximum atomic E-state index is 13.6. The molecular weight excluding hydrogens is 472 g/mol. The second-order valence-corrected chi connectivity index (χ2v) is 12.0. The lowest BCUT2D eigenvalue weighted by Crippen LogP contribution is -2.56. The van der Waals surface area contributed by atoms with Gasteiger partial charge in [-0.15, -0.1) is 0 Å². The first-order valence-corrected chi connectivity index (χ1v) is 14.5. The van der Waals surface area contributed by atoms with E-state index in [9.17, 15) is 19.2 Å². The molecule has 2 saturated carbocycles. The highest BCUT2D eigenvalue weighted by Crippen LogP contribution is 2.49. The smallest absolute Gasteiger partial charge is 0.320 e. The van der Waals surface area contributed by atoms with Crippen molar-refractivity contribution >= 4 is 23.6 Å². The summed E-state index contributed by atoms with van der Waals surface area (Å²) in [6.07, 6.45) is 9.21. The Kier molecular flexibility index (Phi) is 9.14. The summed E-state index contributed by atoms with van der Waals surface area (Å²) in [7, 11) is 0. The number of nitrogens with zero attached hydrogens (tertiary/aromatic N) is 2. The molecule has 2 aliphatic heterocycles. The van der Waals surface area contributed by atoms with Crippen molar-refractivity contribution < 1.29 is 23.9 Å². The predicted molar refractivity (Wildman–Crippen MR) is 140 cm³/mol. The predicted octanol–water partition coefficient (Wildman–Crippen LogP) is 2.87. The molecule has 4 fully saturated rings. The van der Waals surface area contributed by atoms with Gasteiger partial charge in [0, 0.05) is 25.6 Å². The Morgan fingerprint density at radius 1 is 1.05 bits per heavy atom. The van der Waals surface area contributed by atoms with Gasteiger partial charge in [0.05, 0.1) is 25.8 Å². The van der Waals surface area contributed by atoms with E-state index in [0.29, 0.717) is 57.9 Å². The van der Waals surface area contributed by atoms with Gasteiger partial charge < -0.3 is 25.2 Å². The average Bonchev–Trinajstić information content (AvgIpc) is 3.66. The van der Waals surface area contributed by atoms with Crippen LogP contribution in [-0.4, -0.2) is 83.9 Å². The van der Waals surface area contributed by atoms with Gasteiger partial charge >= 0.3 is 6.03 Å². The summed E-state index contributed by atoms with van der Waals surface area (Å²) in [4.78, 5) is 56.2. The van der Waals surface area contributed by atoms with Crippen LogP contribution in [0.3, 0.4) is 0 Å². The molecule has 9 nitrogen and oxygen atoms in total. The van der Waals surface area contributed by atoms with Crippen molar-refractivity contribution in [2.75, 3.05) is 32.8 Å². The van der Waals surface area contributed by atoms with E-state index in [0.717, 1.165) is 6.42 Å². The summed E-state index contributed by atoms with van der Waals surface area (Å²) in [5, 5.41) is 6.08. The van der Waals surface area contributed by atoms with Crippen molar-refractivity contribution in [2.45, 2.75) is 103 Å². The number of nitrogens with one attached hydrogen (secondary N) is 2. The SMILES string of the molecule is CC(C)C1CC1(NC(=O)CCC1CCCCC1)C(=O)N[C@H]1CC[C@@H](C)N(C(=O)N2CCOCC2)CC1=O. The molecule has 0 bridgehead atoms. The van der Waals surface area contributed by atoms with Crippen molar-refractivity contribution in [1.29, 1.82) is 0 Å². The van der Waals surface area contributed by atoms with E-state index in [1.54, 1.807) is 9.80 Å². The van der Waals surface area contributed by atoms with E-state index >= 15 is 0 Å². The third kappa shape index (κ3) is 6.65. The van der Waals surface area contributed by atoms with Crippen molar-refractivity contribution in [1.82, 2.24) is 20.4 Å². The van der Waals surface area contributed by atoms with Gasteiger partial charge in [0.15, 0.2) is 5.78 Å². The molecule has 4 amide bonds. The zero-order valence-corrected chi connectivity index (χ0v) is 22.9. The lowest BCUT2D eigenvalue weighted by molar-refractivity contribution is -0.133. The van der Waals surface area contributed by atoms with Crippen LogP contribution in [0.1, 0.15) is 85.0 Å². The van der Waals surface area contributed by atoms with Gasteiger partial charge in [-0.1, -0.05) is 46.0 Å². The van der Waals surface area contributed by atoms with Gasteiger partial charge in [-0.05, 0) is 50.4 Å². The minimum atomic E-state index is -0.931. The van der Waals surface area contributed by atoms with Crippen molar-refractivity contribution in [3.05, 3.63) is 0 Å². The van der Waals surface area contributed by atoms with Crippen LogP contribution < -0.4 is 10.6 Å². The van der Waals surface area contributed by atoms with Gasteiger partial charge in [-0.3, -0.25) is 14.4 Å². The van der Waals surface area contributed by atoms with Crippen LogP contribution in [0.5, 0.6) is 0 Å². The van der Waals surface area contributed by atoms with Crippen LogP contribution in [0, 0.1) is 17.8 Å². The number of carbonyl (C=O) groups is 4. The minimum Gasteiger partial charge on any atom is -0.378 e. The topological polar surface area (TPSA) is 108 Å². The number of likely N-dealkylation sites (tertiary alicyclic amines) is 1. The van der Waals surface area contributed by atoms with E-state index < -0.39 is 11.6 Å². The fraction of sp³-hybridized carbons (Fsp3) is 0.857. The first-order valence-electron chi connectivity index (χ1n) is 14.5. The Morgan fingerprint density at radius 2 is 1.76 bits per heavy atom. The zero-order valence-electron chi connectivity index (χ0n) is 22.9. The molecule has 4 rings (SSSR count). The quantitative estimate of drug-likeness (QED) is 0.539. The molecule has 2 heterocycles. The van der Waals surface area contributed by atoms with Crippen molar-refractivity contribution in [3.8, 4) is 0 Å². The minimum absolute atomic E-state index is 0.0172. The number of morpholine rings is 1. The van der Waals surface area contributed by atoms with E-state index in [-0.39, 0.29) is 48.1 Å². The Labute approximate surface area is 221 Å². The standard InChI is InChI=1S/C28H46N4O5/c1-19(2)22-17-28(22,30-25(34)12-10-21-7-5-4-6-8-21)26(35)29-23-11-9-20(3)32(18-24(23)33)27(36)31-13-15-37-16-14-31/h19-23H,4-18H2,1-3H3,(H,29,35)(H,30,34)/t20-,22?,23+,28?/m1/s1. The lowest BCUT2D eigenvalue weighted by Gasteiger charge is -2.34. The molecule has 0 aromatic heterocycles. The number of Topliss-reactive ketones (excluding diaryl/α,β-unsaturated/α-hetero) is 1. The fourth-order valence-corrected chi connectivity index (χ4v) is 6.47. The largest absolute Gasteiger partial charge is 0.378 e. The van der Waals surface area contributed by atoms with Gasteiger partial charge in [0.1, 0.15) is 5.54 Å². The summed E-state index contributed by atoms with van der Waals surface area (Å²) >= 11 is 0. The second kappa shape index (κ2) is 12.1. The van der Waals surface area contributed by atoms with Crippen LogP contribution >= 0.6 is 0 Å². The Hall–Kier alpha value is -2.16. The first kappa shape index (κ1) is 27.9. The maximum absolute atomic E-state index is 13.6. The third-order valence-corrected chi connectivity index (χ3v) is 9.04. The monoisotopic (exact) mass is 518 g/mol. The number of hydrogen-bond donors (Lipinski definition) is 2. The zero-order chi connectivity index (χ0) is 26.6. The van der Waals surface area contributed by atoms with E-state index in [1.165, 1.54) is 32.1 Å². The maximum Gasteiger partial charge on any atom is 0.320 e. The van der Waals surface area contributed by atoms with E-state index in [4.69, 9.17) is 4.74 Å². The normalized spacial score (nSPS) is 31.1. The van der Waals surface area contributed by atoms with Gasteiger partial charge in [0.25, 0.3) is 0 Å². The second-order valence-electron chi connectivity index (χ2n) is 12.0. The summed E-state index contributed by atoms with van der Waals surface area (Å²) < 4.78 is 5.35. The number of amides is 4. The molecule has 2 N–H and O–H groups in total. The van der Waals surface area contributed by atoms with Crippen molar-refractivity contribution in [3.63, 3.8) is 0 Å². The third-order valence-electron chi connectivity index (χ3n) is 9.04. The van der Waals surface area contributed by atoms with Crippen LogP contribution in [0.15, 0.2) is 0 Å². The molecule has 2 unspecified atom stereocenters. The van der Waals surface area contributed by atoms with Gasteiger partial charge in [0.2, 0.25) is 11.8 Å². The summed E-state index contributed by atoms with van der Waals surface area (Å²) in [5.74, 6) is 0.447. The van der Waals surface area contributed by atoms with E-state index in [2.05, 4.69) is 24.5 Å². The Morgan fingerprint density at radius 3 is 2.41 bits per heavy atom. The molecule has 2 aliphatic carbocycles. The van der Waals surface area contributed by atoms with Crippen LogP contribution in [0.4, 0.5) is 4.79 Å². The fourth-order valence-electron chi connectivity index (χ4n) is 6.47. The number of carbonyl (C=O) groups excluding carboxylic acids is 4. The first-order chi connectivity index (χ1) is 17.7. The summed E-state index contributed by atoms with van der Waals surface area (Å²) in [6.45, 7) is 8.14. The number of ketones is 1. The number of hydrogen-bond acceptors (Lipinski definition) is 5. The van der Waals surface area contributed by atoms with Crippen LogP contribution in [-0.2, 0) is 19.1 Å². The number of ether oxygens (including phenoxy) is 1. The highest BCUT2D eigenvalue weighted by molar-refractivity contribution is 5.99. The molecule has 0 aromatic carbocycles. The molecule has 4 atom stereocenters. The van der Waals surface area contributed by atoms with Crippen LogP contribution in [0.25, 0.3) is 0 Å². The molecular formula is C28H46N4O5. The highest BCUT2D eigenvalue weighted by atomic mass is 16.5. The highest BCUT2D eigenvalue weighted by Gasteiger charge is 2.62. The van der Waals surface area contributed by atoms with Crippen molar-refractivity contribution in [2.24, 2.45) is 17.8 Å². The molecule has 37 heavy (non-hydrogen) atoms. The van der Waals surface area contributed by atoms with Gasteiger partial charge in [-0.25, -0.2) is 4.79 Å². The molecule has 2 saturated heterocycles. The Bertz CT molecular complexity index is 852. The van der Waals surface area contributed by atoms with Crippen LogP contribution in [0.2, 0.25) is 0 Å². The van der Waals surface area contributed by atoms with Gasteiger partial charge in [-0.2, -0.15) is 0 Å². The Balaban J connectivity index is 1.35. The molecule has 0 aromatic rings. The average molecular weight is 519 g/mol. The summed E-state index contributed by atoms with van der Waals surface area (Å²) in [6, 6.07) is -0.888. The summed E-state index contributed by atoms with van der Waals surface area (Å²) in [5.41, 5.74) is -0.931. The molecule has 4 aliphatic rings. The number of urea groups is 1. The van der Waals surface area contributed by atoms with E-state index in [1.807, 2.05) is 6.92 Å². The molecule has 0 radical (unpaired) electrons. The number of rotatable bonds is 7. The molecule has 0 spiro atoms. The lowest BCUT2D eigenvalue weighted by atomic mass is 9.86. The molecule has 9 heteroatoms. The molecule has 208 valence electrons.